The molecule has 3 rings (SSSR count). The Morgan fingerprint density at radius 2 is 2.05 bits per heavy atom. The van der Waals surface area contributed by atoms with Crippen LogP contribution in [-0.2, 0) is 12.8 Å². The first kappa shape index (κ1) is 13.0. The average molecular weight is 278 g/mol. The van der Waals surface area contributed by atoms with Crippen LogP contribution in [0.25, 0.3) is 0 Å². The summed E-state index contributed by atoms with van der Waals surface area (Å²) in [7, 11) is 0. The van der Waals surface area contributed by atoms with Crippen molar-refractivity contribution in [3.8, 4) is 0 Å². The SMILES string of the molecule is CC1CCc2c(sc(N)c2C(=O)N2CCCCC2)C1. The zero-order valence-electron chi connectivity index (χ0n) is 11.6. The van der Waals surface area contributed by atoms with E-state index in [0.717, 1.165) is 55.3 Å². The summed E-state index contributed by atoms with van der Waals surface area (Å²) >= 11 is 1.64. The van der Waals surface area contributed by atoms with Crippen molar-refractivity contribution >= 4 is 22.2 Å². The number of nitrogens with zero attached hydrogens (tertiary/aromatic N) is 1. The molecule has 1 aromatic heterocycles. The minimum absolute atomic E-state index is 0.184. The number of hydrogen-bond acceptors (Lipinski definition) is 3. The molecular weight excluding hydrogens is 256 g/mol. The van der Waals surface area contributed by atoms with Crippen LogP contribution in [0.5, 0.6) is 0 Å². The monoisotopic (exact) mass is 278 g/mol. The van der Waals surface area contributed by atoms with Gasteiger partial charge in [0, 0.05) is 18.0 Å². The predicted octanol–water partition coefficient (Wildman–Crippen LogP) is 3.08. The molecule has 0 aromatic carbocycles. The summed E-state index contributed by atoms with van der Waals surface area (Å²) in [5, 5.41) is 0.745. The Labute approximate surface area is 118 Å². The highest BCUT2D eigenvalue weighted by Crippen LogP contribution is 2.38. The number of nitrogens with two attached hydrogens (primary N) is 1. The average Bonchev–Trinajstić information content (AvgIpc) is 2.74. The van der Waals surface area contributed by atoms with E-state index in [0.29, 0.717) is 0 Å². The third-order valence-electron chi connectivity index (χ3n) is 4.40. The molecule has 1 aliphatic carbocycles. The second-order valence-electron chi connectivity index (χ2n) is 5.94. The van der Waals surface area contributed by atoms with Gasteiger partial charge in [0.25, 0.3) is 5.91 Å². The Bertz CT molecular complexity index is 489. The van der Waals surface area contributed by atoms with Gasteiger partial charge in [0.1, 0.15) is 0 Å². The van der Waals surface area contributed by atoms with Gasteiger partial charge in [-0.05, 0) is 50.0 Å². The molecule has 2 N–H and O–H groups in total. The number of nitrogen functional groups attached to an aromatic ring is 1. The van der Waals surface area contributed by atoms with E-state index in [1.807, 2.05) is 4.90 Å². The first-order valence-corrected chi connectivity index (χ1v) is 8.17. The number of amides is 1. The number of likely N-dealkylation sites (tertiary alicyclic amines) is 1. The summed E-state index contributed by atoms with van der Waals surface area (Å²) in [6.07, 6.45) is 6.82. The van der Waals surface area contributed by atoms with Crippen LogP contribution < -0.4 is 5.73 Å². The molecule has 0 bridgehead atoms. The highest BCUT2D eigenvalue weighted by molar-refractivity contribution is 7.16. The van der Waals surface area contributed by atoms with Crippen LogP contribution in [0.1, 0.15) is 53.4 Å². The van der Waals surface area contributed by atoms with Crippen molar-refractivity contribution < 1.29 is 4.79 Å². The van der Waals surface area contributed by atoms with Crippen molar-refractivity contribution in [1.29, 1.82) is 0 Å². The van der Waals surface area contributed by atoms with Gasteiger partial charge in [-0.15, -0.1) is 11.3 Å². The lowest BCUT2D eigenvalue weighted by molar-refractivity contribution is 0.0724. The van der Waals surface area contributed by atoms with Crippen LogP contribution in [0.2, 0.25) is 0 Å². The second kappa shape index (κ2) is 5.16. The van der Waals surface area contributed by atoms with E-state index >= 15 is 0 Å². The number of fused-ring (bicyclic) bond motifs is 1. The molecule has 1 fully saturated rings. The number of rotatable bonds is 1. The normalized spacial score (nSPS) is 23.2. The largest absolute Gasteiger partial charge is 0.390 e. The molecule has 104 valence electrons. The summed E-state index contributed by atoms with van der Waals surface area (Å²) in [6.45, 7) is 4.09. The minimum atomic E-state index is 0.184. The van der Waals surface area contributed by atoms with Crippen molar-refractivity contribution in [2.24, 2.45) is 5.92 Å². The molecular formula is C15H22N2OS. The lowest BCUT2D eigenvalue weighted by Gasteiger charge is -2.27. The molecule has 0 spiro atoms. The molecule has 1 aliphatic heterocycles. The van der Waals surface area contributed by atoms with Crippen molar-refractivity contribution in [3.63, 3.8) is 0 Å². The van der Waals surface area contributed by atoms with Crippen LogP contribution in [0.4, 0.5) is 5.00 Å². The third-order valence-corrected chi connectivity index (χ3v) is 5.48. The van der Waals surface area contributed by atoms with E-state index < -0.39 is 0 Å². The molecule has 1 unspecified atom stereocenters. The summed E-state index contributed by atoms with van der Waals surface area (Å²) in [6, 6.07) is 0. The molecule has 19 heavy (non-hydrogen) atoms. The van der Waals surface area contributed by atoms with Gasteiger partial charge in [-0.3, -0.25) is 4.79 Å². The van der Waals surface area contributed by atoms with Crippen LogP contribution in [0, 0.1) is 5.92 Å². The minimum Gasteiger partial charge on any atom is -0.390 e. The molecule has 3 nitrogen and oxygen atoms in total. The third kappa shape index (κ3) is 2.38. The number of piperidine rings is 1. The molecule has 0 radical (unpaired) electrons. The lowest BCUT2D eigenvalue weighted by atomic mass is 9.88. The standard InChI is InChI=1S/C15H22N2OS/c1-10-5-6-11-12(9-10)19-14(16)13(11)15(18)17-7-3-2-4-8-17/h10H,2-9,16H2,1H3. The van der Waals surface area contributed by atoms with Gasteiger partial charge in [0.15, 0.2) is 0 Å². The smallest absolute Gasteiger partial charge is 0.257 e. The van der Waals surface area contributed by atoms with Gasteiger partial charge >= 0.3 is 0 Å². The first-order valence-electron chi connectivity index (χ1n) is 7.36. The van der Waals surface area contributed by atoms with Gasteiger partial charge < -0.3 is 10.6 Å². The van der Waals surface area contributed by atoms with Crippen LogP contribution in [-0.4, -0.2) is 23.9 Å². The number of anilines is 1. The van der Waals surface area contributed by atoms with Crippen LogP contribution >= 0.6 is 11.3 Å². The van der Waals surface area contributed by atoms with E-state index in [1.165, 1.54) is 23.3 Å². The van der Waals surface area contributed by atoms with E-state index in [-0.39, 0.29) is 5.91 Å². The van der Waals surface area contributed by atoms with Gasteiger partial charge in [-0.2, -0.15) is 0 Å². The molecule has 4 heteroatoms. The van der Waals surface area contributed by atoms with Crippen molar-refractivity contribution in [1.82, 2.24) is 4.90 Å². The quantitative estimate of drug-likeness (QED) is 0.858. The summed E-state index contributed by atoms with van der Waals surface area (Å²) in [5.74, 6) is 0.910. The number of carbonyl (C=O) groups excluding carboxylic acids is 1. The number of carbonyl (C=O) groups is 1. The number of hydrogen-bond donors (Lipinski definition) is 1. The summed E-state index contributed by atoms with van der Waals surface area (Å²) in [4.78, 5) is 16.0. The van der Waals surface area contributed by atoms with Crippen LogP contribution in [0.3, 0.4) is 0 Å². The molecule has 1 aromatic rings. The zero-order valence-corrected chi connectivity index (χ0v) is 12.4. The predicted molar refractivity (Wildman–Crippen MR) is 79.7 cm³/mol. The Balaban J connectivity index is 1.90. The molecule has 0 saturated carbocycles. The zero-order chi connectivity index (χ0) is 13.4. The van der Waals surface area contributed by atoms with E-state index in [9.17, 15) is 4.79 Å². The Hall–Kier alpha value is -1.03. The van der Waals surface area contributed by atoms with Crippen molar-refractivity contribution in [2.75, 3.05) is 18.8 Å². The highest BCUT2D eigenvalue weighted by Gasteiger charge is 2.29. The fraction of sp³-hybridized carbons (Fsp3) is 0.667. The van der Waals surface area contributed by atoms with Gasteiger partial charge in [-0.1, -0.05) is 6.92 Å². The molecule has 1 atom stereocenters. The highest BCUT2D eigenvalue weighted by atomic mass is 32.1. The maximum Gasteiger partial charge on any atom is 0.257 e. The maximum atomic E-state index is 12.7. The lowest BCUT2D eigenvalue weighted by Crippen LogP contribution is -2.36. The first-order chi connectivity index (χ1) is 9.16. The van der Waals surface area contributed by atoms with E-state index in [4.69, 9.17) is 5.73 Å². The molecule has 1 saturated heterocycles. The second-order valence-corrected chi connectivity index (χ2v) is 7.08. The fourth-order valence-electron chi connectivity index (χ4n) is 3.26. The Kier molecular flexibility index (Phi) is 3.52. The van der Waals surface area contributed by atoms with Crippen molar-refractivity contribution in [3.05, 3.63) is 16.0 Å². The van der Waals surface area contributed by atoms with E-state index in [2.05, 4.69) is 6.92 Å². The van der Waals surface area contributed by atoms with Crippen LogP contribution in [0.15, 0.2) is 0 Å². The summed E-state index contributed by atoms with van der Waals surface area (Å²) in [5.41, 5.74) is 8.25. The van der Waals surface area contributed by atoms with E-state index in [1.54, 1.807) is 11.3 Å². The van der Waals surface area contributed by atoms with Crippen molar-refractivity contribution in [2.45, 2.75) is 45.4 Å². The molecule has 2 aliphatic rings. The summed E-state index contributed by atoms with van der Waals surface area (Å²) < 4.78 is 0. The Morgan fingerprint density at radius 3 is 2.79 bits per heavy atom. The van der Waals surface area contributed by atoms with Gasteiger partial charge in [0.05, 0.1) is 10.6 Å². The maximum absolute atomic E-state index is 12.7. The number of thiophene rings is 1. The Morgan fingerprint density at radius 1 is 1.32 bits per heavy atom. The van der Waals surface area contributed by atoms with Gasteiger partial charge in [-0.25, -0.2) is 0 Å². The molecule has 1 amide bonds. The topological polar surface area (TPSA) is 46.3 Å². The molecule has 2 heterocycles. The fourth-order valence-corrected chi connectivity index (χ4v) is 4.53. The van der Waals surface area contributed by atoms with Gasteiger partial charge in [0.2, 0.25) is 0 Å².